The van der Waals surface area contributed by atoms with Gasteiger partial charge >= 0.3 is 0 Å². The summed E-state index contributed by atoms with van der Waals surface area (Å²) in [5.41, 5.74) is 7.40. The van der Waals surface area contributed by atoms with Gasteiger partial charge in [0.1, 0.15) is 5.75 Å². The molecule has 2 N–H and O–H groups in total. The van der Waals surface area contributed by atoms with Crippen molar-refractivity contribution in [3.8, 4) is 5.75 Å². The van der Waals surface area contributed by atoms with E-state index >= 15 is 0 Å². The summed E-state index contributed by atoms with van der Waals surface area (Å²) in [6, 6.07) is 7.96. The van der Waals surface area contributed by atoms with Crippen molar-refractivity contribution in [1.29, 1.82) is 0 Å². The Bertz CT molecular complexity index is 397. The fourth-order valence-electron chi connectivity index (χ4n) is 2.72. The van der Waals surface area contributed by atoms with Crippen LogP contribution < -0.4 is 10.5 Å². The van der Waals surface area contributed by atoms with Gasteiger partial charge in [0.15, 0.2) is 0 Å². The molecule has 0 bridgehead atoms. The van der Waals surface area contributed by atoms with Crippen LogP contribution in [-0.2, 0) is 4.74 Å². The Morgan fingerprint density at radius 3 is 2.89 bits per heavy atom. The third-order valence-corrected chi connectivity index (χ3v) is 3.79. The lowest BCUT2D eigenvalue weighted by atomic mass is 10.0. The number of piperidine rings is 1. The molecule has 2 rings (SSSR count). The van der Waals surface area contributed by atoms with Crippen molar-refractivity contribution < 1.29 is 9.47 Å². The Kier molecular flexibility index (Phi) is 5.19. The molecule has 0 radical (unpaired) electrons. The third kappa shape index (κ3) is 3.69. The Labute approximate surface area is 115 Å². The number of rotatable bonds is 5. The number of methoxy groups -OCH3 is 2. The number of nitrogens with two attached hydrogens (primary N) is 1. The maximum atomic E-state index is 6.33. The molecule has 2 atom stereocenters. The SMILES string of the molecule is COc1ccccc1C(N)CN1CCCC(OC)C1. The number of hydrogen-bond acceptors (Lipinski definition) is 4. The van der Waals surface area contributed by atoms with Gasteiger partial charge < -0.3 is 15.2 Å². The molecule has 1 aromatic rings. The van der Waals surface area contributed by atoms with Gasteiger partial charge in [0.2, 0.25) is 0 Å². The lowest BCUT2D eigenvalue weighted by Gasteiger charge is -2.33. The number of benzene rings is 1. The van der Waals surface area contributed by atoms with Crippen LogP contribution in [0.1, 0.15) is 24.4 Å². The van der Waals surface area contributed by atoms with E-state index in [0.29, 0.717) is 6.10 Å². The molecule has 1 aliphatic rings. The van der Waals surface area contributed by atoms with Gasteiger partial charge in [0.25, 0.3) is 0 Å². The quantitative estimate of drug-likeness (QED) is 0.881. The topological polar surface area (TPSA) is 47.7 Å². The minimum absolute atomic E-state index is 0.0215. The van der Waals surface area contributed by atoms with Crippen molar-refractivity contribution in [1.82, 2.24) is 4.90 Å². The zero-order valence-electron chi connectivity index (χ0n) is 11.8. The highest BCUT2D eigenvalue weighted by Crippen LogP contribution is 2.24. The first-order chi connectivity index (χ1) is 9.24. The van der Waals surface area contributed by atoms with Crippen LogP contribution in [0.3, 0.4) is 0 Å². The van der Waals surface area contributed by atoms with E-state index in [9.17, 15) is 0 Å². The van der Waals surface area contributed by atoms with Gasteiger partial charge in [-0.25, -0.2) is 0 Å². The van der Waals surface area contributed by atoms with Crippen LogP contribution in [0.2, 0.25) is 0 Å². The van der Waals surface area contributed by atoms with E-state index in [4.69, 9.17) is 15.2 Å². The minimum Gasteiger partial charge on any atom is -0.496 e. The van der Waals surface area contributed by atoms with Gasteiger partial charge in [-0.15, -0.1) is 0 Å². The number of nitrogens with zero attached hydrogens (tertiary/aromatic N) is 1. The molecule has 1 saturated heterocycles. The standard InChI is InChI=1S/C15H24N2O2/c1-18-12-6-5-9-17(10-12)11-14(16)13-7-3-4-8-15(13)19-2/h3-4,7-8,12,14H,5-6,9-11,16H2,1-2H3. The highest BCUT2D eigenvalue weighted by atomic mass is 16.5. The molecule has 0 aromatic heterocycles. The molecular formula is C15H24N2O2. The van der Waals surface area contributed by atoms with Crippen LogP contribution >= 0.6 is 0 Å². The van der Waals surface area contributed by atoms with E-state index < -0.39 is 0 Å². The molecule has 1 aromatic carbocycles. The highest BCUT2D eigenvalue weighted by Gasteiger charge is 2.22. The molecule has 4 heteroatoms. The minimum atomic E-state index is -0.0215. The average molecular weight is 264 g/mol. The molecular weight excluding hydrogens is 240 g/mol. The molecule has 0 spiro atoms. The van der Waals surface area contributed by atoms with Gasteiger partial charge in [-0.3, -0.25) is 4.90 Å². The molecule has 106 valence electrons. The van der Waals surface area contributed by atoms with Gasteiger partial charge in [0.05, 0.1) is 13.2 Å². The Morgan fingerprint density at radius 1 is 1.37 bits per heavy atom. The maximum Gasteiger partial charge on any atom is 0.123 e. The summed E-state index contributed by atoms with van der Waals surface area (Å²) >= 11 is 0. The maximum absolute atomic E-state index is 6.33. The van der Waals surface area contributed by atoms with E-state index in [2.05, 4.69) is 4.90 Å². The Hall–Kier alpha value is -1.10. The van der Waals surface area contributed by atoms with Crippen molar-refractivity contribution in [2.24, 2.45) is 5.73 Å². The van der Waals surface area contributed by atoms with Crippen molar-refractivity contribution in [3.05, 3.63) is 29.8 Å². The van der Waals surface area contributed by atoms with Gasteiger partial charge in [-0.05, 0) is 25.5 Å². The van der Waals surface area contributed by atoms with Crippen molar-refractivity contribution >= 4 is 0 Å². The summed E-state index contributed by atoms with van der Waals surface area (Å²) in [4.78, 5) is 2.38. The van der Waals surface area contributed by atoms with E-state index in [0.717, 1.165) is 37.4 Å². The second kappa shape index (κ2) is 6.89. The lowest BCUT2D eigenvalue weighted by molar-refractivity contribution is 0.0294. The molecule has 0 saturated carbocycles. The largest absolute Gasteiger partial charge is 0.496 e. The second-order valence-electron chi connectivity index (χ2n) is 5.11. The van der Waals surface area contributed by atoms with E-state index in [1.807, 2.05) is 24.3 Å². The Morgan fingerprint density at radius 2 is 2.16 bits per heavy atom. The summed E-state index contributed by atoms with van der Waals surface area (Å²) in [6.07, 6.45) is 2.67. The predicted octanol–water partition coefficient (Wildman–Crippen LogP) is 1.81. The molecule has 4 nitrogen and oxygen atoms in total. The Balaban J connectivity index is 1.98. The first-order valence-electron chi connectivity index (χ1n) is 6.88. The highest BCUT2D eigenvalue weighted by molar-refractivity contribution is 5.35. The summed E-state index contributed by atoms with van der Waals surface area (Å²) in [5.74, 6) is 0.871. The van der Waals surface area contributed by atoms with Crippen LogP contribution in [0.5, 0.6) is 5.75 Å². The summed E-state index contributed by atoms with van der Waals surface area (Å²) in [7, 11) is 3.47. The van der Waals surface area contributed by atoms with Gasteiger partial charge in [-0.1, -0.05) is 18.2 Å². The fraction of sp³-hybridized carbons (Fsp3) is 0.600. The molecule has 0 aliphatic carbocycles. The van der Waals surface area contributed by atoms with Crippen molar-refractivity contribution in [3.63, 3.8) is 0 Å². The molecule has 1 fully saturated rings. The van der Waals surface area contributed by atoms with Gasteiger partial charge in [0, 0.05) is 31.8 Å². The molecule has 19 heavy (non-hydrogen) atoms. The predicted molar refractivity (Wildman–Crippen MR) is 76.4 cm³/mol. The van der Waals surface area contributed by atoms with Crippen LogP contribution in [-0.4, -0.2) is 44.9 Å². The summed E-state index contributed by atoms with van der Waals surface area (Å²) in [5, 5.41) is 0. The molecule has 2 unspecified atom stereocenters. The van der Waals surface area contributed by atoms with E-state index in [1.165, 1.54) is 6.42 Å². The number of likely N-dealkylation sites (tertiary alicyclic amines) is 1. The third-order valence-electron chi connectivity index (χ3n) is 3.79. The molecule has 0 amide bonds. The number of ether oxygens (including phenoxy) is 2. The lowest BCUT2D eigenvalue weighted by Crippen LogP contribution is -2.42. The first-order valence-corrected chi connectivity index (χ1v) is 6.88. The van der Waals surface area contributed by atoms with Crippen molar-refractivity contribution in [2.45, 2.75) is 25.0 Å². The number of hydrogen-bond donors (Lipinski definition) is 1. The first kappa shape index (κ1) is 14.3. The van der Waals surface area contributed by atoms with Crippen LogP contribution in [0, 0.1) is 0 Å². The van der Waals surface area contributed by atoms with E-state index in [-0.39, 0.29) is 6.04 Å². The van der Waals surface area contributed by atoms with Crippen LogP contribution in [0.15, 0.2) is 24.3 Å². The number of para-hydroxylation sites is 1. The van der Waals surface area contributed by atoms with Crippen molar-refractivity contribution in [2.75, 3.05) is 33.9 Å². The fourth-order valence-corrected chi connectivity index (χ4v) is 2.72. The normalized spacial score (nSPS) is 22.2. The zero-order valence-corrected chi connectivity index (χ0v) is 11.8. The zero-order chi connectivity index (χ0) is 13.7. The smallest absolute Gasteiger partial charge is 0.123 e. The molecule has 1 aliphatic heterocycles. The monoisotopic (exact) mass is 264 g/mol. The molecule has 1 heterocycles. The van der Waals surface area contributed by atoms with Crippen LogP contribution in [0.4, 0.5) is 0 Å². The summed E-state index contributed by atoms with van der Waals surface area (Å²) in [6.45, 7) is 2.92. The summed E-state index contributed by atoms with van der Waals surface area (Å²) < 4.78 is 10.8. The second-order valence-corrected chi connectivity index (χ2v) is 5.11. The van der Waals surface area contributed by atoms with E-state index in [1.54, 1.807) is 14.2 Å². The van der Waals surface area contributed by atoms with Gasteiger partial charge in [-0.2, -0.15) is 0 Å². The average Bonchev–Trinajstić information content (AvgIpc) is 2.47. The van der Waals surface area contributed by atoms with Crippen LogP contribution in [0.25, 0.3) is 0 Å².